The summed E-state index contributed by atoms with van der Waals surface area (Å²) in [6.07, 6.45) is 6.95. The van der Waals surface area contributed by atoms with Crippen molar-refractivity contribution in [3.05, 3.63) is 59.7 Å². The summed E-state index contributed by atoms with van der Waals surface area (Å²) in [6.45, 7) is 3.45. The van der Waals surface area contributed by atoms with Crippen LogP contribution in [0.1, 0.15) is 36.8 Å². The van der Waals surface area contributed by atoms with Crippen LogP contribution in [0.5, 0.6) is 17.2 Å². The van der Waals surface area contributed by atoms with E-state index >= 15 is 0 Å². The molecule has 0 aliphatic heterocycles. The molecule has 0 saturated carbocycles. The third kappa shape index (κ3) is 8.39. The van der Waals surface area contributed by atoms with Gasteiger partial charge >= 0.3 is 5.97 Å². The predicted molar refractivity (Wildman–Crippen MR) is 115 cm³/mol. The highest BCUT2D eigenvalue weighted by Crippen LogP contribution is 2.23. The number of esters is 1. The van der Waals surface area contributed by atoms with E-state index in [-0.39, 0.29) is 0 Å². The minimum Gasteiger partial charge on any atom is -0.497 e. The zero-order chi connectivity index (χ0) is 21.6. The number of hydrogen-bond acceptors (Lipinski definition) is 6. The van der Waals surface area contributed by atoms with E-state index in [1.54, 1.807) is 25.3 Å². The van der Waals surface area contributed by atoms with E-state index in [9.17, 15) is 9.59 Å². The molecule has 160 valence electrons. The maximum atomic E-state index is 12.1. The van der Waals surface area contributed by atoms with Crippen LogP contribution in [0.3, 0.4) is 0 Å². The molecule has 0 saturated heterocycles. The van der Waals surface area contributed by atoms with Crippen LogP contribution < -0.4 is 14.2 Å². The van der Waals surface area contributed by atoms with Gasteiger partial charge < -0.3 is 18.9 Å². The Balaban J connectivity index is 1.72. The molecule has 0 heterocycles. The van der Waals surface area contributed by atoms with E-state index in [2.05, 4.69) is 4.74 Å². The summed E-state index contributed by atoms with van der Waals surface area (Å²) in [5.41, 5.74) is 1.70. The molecule has 30 heavy (non-hydrogen) atoms. The molecule has 0 spiro atoms. The summed E-state index contributed by atoms with van der Waals surface area (Å²) in [7, 11) is 1.59. The van der Waals surface area contributed by atoms with Crippen molar-refractivity contribution in [2.75, 3.05) is 20.3 Å². The molecule has 0 unspecified atom stereocenters. The average Bonchev–Trinajstić information content (AvgIpc) is 2.76. The largest absolute Gasteiger partial charge is 0.497 e. The van der Waals surface area contributed by atoms with Crippen LogP contribution in [0.2, 0.25) is 0 Å². The van der Waals surface area contributed by atoms with Crippen LogP contribution in [0.25, 0.3) is 6.08 Å². The molecule has 0 radical (unpaired) electrons. The molecule has 0 aliphatic rings. The highest BCUT2D eigenvalue weighted by molar-refractivity contribution is 5.88. The van der Waals surface area contributed by atoms with Crippen LogP contribution in [0, 0.1) is 6.92 Å². The van der Waals surface area contributed by atoms with Crippen molar-refractivity contribution in [2.45, 2.75) is 32.6 Å². The molecule has 0 fully saturated rings. The fraction of sp³-hybridized carbons (Fsp3) is 0.333. The number of methoxy groups -OCH3 is 1. The molecule has 0 aliphatic carbocycles. The Morgan fingerprint density at radius 3 is 2.30 bits per heavy atom. The number of ether oxygens (including phenoxy) is 4. The van der Waals surface area contributed by atoms with Crippen molar-refractivity contribution in [3.63, 3.8) is 0 Å². The van der Waals surface area contributed by atoms with Gasteiger partial charge in [0, 0.05) is 6.08 Å². The molecule has 0 aromatic heterocycles. The van der Waals surface area contributed by atoms with Gasteiger partial charge in [0.25, 0.3) is 6.47 Å². The van der Waals surface area contributed by atoms with E-state index in [1.807, 2.05) is 37.3 Å². The minimum atomic E-state index is -0.442. The van der Waals surface area contributed by atoms with Gasteiger partial charge in [-0.3, -0.25) is 4.79 Å². The van der Waals surface area contributed by atoms with Gasteiger partial charge in [-0.05, 0) is 80.1 Å². The van der Waals surface area contributed by atoms with E-state index in [1.165, 1.54) is 6.08 Å². The molecule has 2 aromatic carbocycles. The smallest absolute Gasteiger partial charge is 0.336 e. The lowest BCUT2D eigenvalue weighted by atomic mass is 10.2. The first-order valence-electron chi connectivity index (χ1n) is 9.95. The van der Waals surface area contributed by atoms with Crippen LogP contribution in [-0.4, -0.2) is 32.8 Å². The first-order valence-corrected chi connectivity index (χ1v) is 9.95. The van der Waals surface area contributed by atoms with Gasteiger partial charge in [0.1, 0.15) is 17.2 Å². The molecule has 6 heteroatoms. The quantitative estimate of drug-likeness (QED) is 0.156. The van der Waals surface area contributed by atoms with Crippen molar-refractivity contribution < 1.29 is 28.5 Å². The summed E-state index contributed by atoms with van der Waals surface area (Å²) >= 11 is 0. The van der Waals surface area contributed by atoms with Gasteiger partial charge in [-0.1, -0.05) is 12.1 Å². The van der Waals surface area contributed by atoms with Gasteiger partial charge in [-0.2, -0.15) is 0 Å². The molecule has 0 N–H and O–H groups in total. The molecule has 2 aromatic rings. The van der Waals surface area contributed by atoms with Gasteiger partial charge in [-0.15, -0.1) is 0 Å². The van der Waals surface area contributed by atoms with Crippen molar-refractivity contribution in [1.82, 2.24) is 0 Å². The number of benzene rings is 2. The van der Waals surface area contributed by atoms with Crippen molar-refractivity contribution in [2.24, 2.45) is 0 Å². The second-order valence-corrected chi connectivity index (χ2v) is 6.68. The highest BCUT2D eigenvalue weighted by Gasteiger charge is 2.05. The Hall–Kier alpha value is -3.28. The van der Waals surface area contributed by atoms with Gasteiger partial charge in [0.05, 0.1) is 20.3 Å². The summed E-state index contributed by atoms with van der Waals surface area (Å²) in [6, 6.07) is 12.8. The summed E-state index contributed by atoms with van der Waals surface area (Å²) < 4.78 is 20.9. The third-order valence-electron chi connectivity index (χ3n) is 4.38. The van der Waals surface area contributed by atoms with E-state index in [4.69, 9.17) is 14.2 Å². The Kier molecular flexibility index (Phi) is 10.00. The zero-order valence-corrected chi connectivity index (χ0v) is 17.5. The summed E-state index contributed by atoms with van der Waals surface area (Å²) in [5.74, 6) is 1.56. The zero-order valence-electron chi connectivity index (χ0n) is 17.5. The van der Waals surface area contributed by atoms with Gasteiger partial charge in [0.2, 0.25) is 0 Å². The normalized spacial score (nSPS) is 10.6. The van der Waals surface area contributed by atoms with Crippen molar-refractivity contribution >= 4 is 18.5 Å². The number of carbonyl (C=O) groups excluding carboxylic acids is 2. The molecule has 2 rings (SSSR count). The number of unbranched alkanes of at least 4 members (excludes halogenated alkanes) is 3. The monoisotopic (exact) mass is 412 g/mol. The lowest BCUT2D eigenvalue weighted by Gasteiger charge is -2.07. The molecular formula is C24H28O6. The van der Waals surface area contributed by atoms with Crippen molar-refractivity contribution in [1.29, 1.82) is 0 Å². The van der Waals surface area contributed by atoms with E-state index < -0.39 is 5.97 Å². The van der Waals surface area contributed by atoms with Crippen molar-refractivity contribution in [3.8, 4) is 17.2 Å². The summed E-state index contributed by atoms with van der Waals surface area (Å²) in [4.78, 5) is 22.1. The molecule has 0 amide bonds. The molecule has 6 nitrogen and oxygen atoms in total. The van der Waals surface area contributed by atoms with E-state index in [0.29, 0.717) is 31.2 Å². The number of carbonyl (C=O) groups is 2. The topological polar surface area (TPSA) is 71.1 Å². The van der Waals surface area contributed by atoms with Gasteiger partial charge in [0.15, 0.2) is 0 Å². The van der Waals surface area contributed by atoms with Crippen LogP contribution in [0.15, 0.2) is 48.5 Å². The van der Waals surface area contributed by atoms with Gasteiger partial charge in [-0.25, -0.2) is 4.79 Å². The van der Waals surface area contributed by atoms with E-state index in [0.717, 1.165) is 42.6 Å². The fourth-order valence-corrected chi connectivity index (χ4v) is 2.72. The van der Waals surface area contributed by atoms with Crippen LogP contribution in [0.4, 0.5) is 0 Å². The maximum Gasteiger partial charge on any atom is 0.336 e. The standard InChI is InChI=1S/C24H28O6/c1-19-17-22(27-2)12-13-23(19)30-24(26)14-9-20-7-10-21(11-8-20)29-16-6-4-3-5-15-28-18-25/h7-14,17-18H,3-6,15-16H2,1-2H3/b14-9+. The third-order valence-corrected chi connectivity index (χ3v) is 4.38. The molecule has 0 atom stereocenters. The Morgan fingerprint density at radius 1 is 0.933 bits per heavy atom. The Morgan fingerprint density at radius 2 is 1.63 bits per heavy atom. The second-order valence-electron chi connectivity index (χ2n) is 6.68. The maximum absolute atomic E-state index is 12.1. The SMILES string of the molecule is COc1ccc(OC(=O)/C=C/c2ccc(OCCCCCCOC=O)cc2)c(C)c1. The number of hydrogen-bond donors (Lipinski definition) is 0. The summed E-state index contributed by atoms with van der Waals surface area (Å²) in [5, 5.41) is 0. The first-order chi connectivity index (χ1) is 14.6. The Labute approximate surface area is 177 Å². The Bertz CT molecular complexity index is 826. The predicted octanol–water partition coefficient (Wildman–Crippen LogP) is 4.73. The fourth-order valence-electron chi connectivity index (χ4n) is 2.72. The number of aryl methyl sites for hydroxylation is 1. The lowest BCUT2D eigenvalue weighted by Crippen LogP contribution is -2.05. The second kappa shape index (κ2) is 13.0. The minimum absolute atomic E-state index is 0.442. The van der Waals surface area contributed by atoms with Crippen LogP contribution in [-0.2, 0) is 14.3 Å². The molecule has 0 bridgehead atoms. The number of rotatable bonds is 13. The first kappa shape index (κ1) is 23.0. The van der Waals surface area contributed by atoms with Crippen LogP contribution >= 0.6 is 0 Å². The lowest BCUT2D eigenvalue weighted by molar-refractivity contribution is -0.129. The molecular weight excluding hydrogens is 384 g/mol. The average molecular weight is 412 g/mol. The highest BCUT2D eigenvalue weighted by atomic mass is 16.5.